The van der Waals surface area contributed by atoms with E-state index in [1.165, 1.54) is 16.4 Å². The van der Waals surface area contributed by atoms with Crippen molar-refractivity contribution >= 4 is 35.0 Å². The molecule has 0 saturated heterocycles. The zero-order valence-corrected chi connectivity index (χ0v) is 17.0. The Bertz CT molecular complexity index is 992. The number of hydrogen-bond acceptors (Lipinski definition) is 6. The van der Waals surface area contributed by atoms with Crippen LogP contribution in [0.3, 0.4) is 0 Å². The van der Waals surface area contributed by atoms with E-state index in [1.54, 1.807) is 18.2 Å². The van der Waals surface area contributed by atoms with E-state index in [9.17, 15) is 4.79 Å². The molecule has 2 aromatic carbocycles. The number of carbonyl (C=O) groups is 1. The monoisotopic (exact) mass is 417 g/mol. The maximum Gasteiger partial charge on any atom is 0.234 e. The second-order valence-electron chi connectivity index (χ2n) is 5.93. The van der Waals surface area contributed by atoms with Crippen LogP contribution in [0.25, 0.3) is 11.4 Å². The van der Waals surface area contributed by atoms with Crippen LogP contribution in [0.4, 0.5) is 5.69 Å². The molecule has 3 rings (SSSR count). The van der Waals surface area contributed by atoms with Gasteiger partial charge in [0.15, 0.2) is 5.82 Å². The fraction of sp³-hybridized carbons (Fsp3) is 0.211. The average molecular weight is 418 g/mol. The number of nitrogens with zero attached hydrogens (tertiary/aromatic N) is 3. The highest BCUT2D eigenvalue weighted by Gasteiger charge is 2.15. The number of thioether (sulfide) groups is 1. The summed E-state index contributed by atoms with van der Waals surface area (Å²) in [6.07, 6.45) is 0. The van der Waals surface area contributed by atoms with Gasteiger partial charge < -0.3 is 15.9 Å². The van der Waals surface area contributed by atoms with Gasteiger partial charge in [0.25, 0.3) is 0 Å². The molecular formula is C19H20ClN5O2S. The summed E-state index contributed by atoms with van der Waals surface area (Å²) in [4.78, 5) is 12.2. The largest absolute Gasteiger partial charge is 0.494 e. The van der Waals surface area contributed by atoms with Crippen LogP contribution in [0.5, 0.6) is 5.75 Å². The summed E-state index contributed by atoms with van der Waals surface area (Å²) in [5.74, 6) is 7.33. The molecule has 0 aliphatic rings. The first-order valence-electron chi connectivity index (χ1n) is 8.60. The molecule has 0 unspecified atom stereocenters. The van der Waals surface area contributed by atoms with E-state index in [0.717, 1.165) is 22.6 Å². The lowest BCUT2D eigenvalue weighted by atomic mass is 10.2. The van der Waals surface area contributed by atoms with Gasteiger partial charge in [0.05, 0.1) is 12.4 Å². The molecule has 0 radical (unpaired) electrons. The highest BCUT2D eigenvalue weighted by Crippen LogP contribution is 2.25. The number of aryl methyl sites for hydroxylation is 1. The first kappa shape index (κ1) is 20.0. The molecule has 1 heterocycles. The van der Waals surface area contributed by atoms with Gasteiger partial charge in [-0.25, -0.2) is 4.68 Å². The molecule has 0 atom stereocenters. The number of carbonyl (C=O) groups excluding carboxylic acids is 1. The van der Waals surface area contributed by atoms with Crippen molar-refractivity contribution in [1.29, 1.82) is 0 Å². The van der Waals surface area contributed by atoms with Gasteiger partial charge in [0.2, 0.25) is 11.1 Å². The molecule has 0 saturated carbocycles. The number of hydrogen-bond donors (Lipinski definition) is 2. The van der Waals surface area contributed by atoms with Crippen LogP contribution < -0.4 is 15.9 Å². The summed E-state index contributed by atoms with van der Waals surface area (Å²) in [6.45, 7) is 4.37. The van der Waals surface area contributed by atoms with Crippen LogP contribution in [0.2, 0.25) is 5.02 Å². The van der Waals surface area contributed by atoms with Crippen LogP contribution in [0, 0.1) is 6.92 Å². The number of nitrogens with two attached hydrogens (primary N) is 1. The predicted molar refractivity (Wildman–Crippen MR) is 112 cm³/mol. The van der Waals surface area contributed by atoms with Gasteiger partial charge in [-0.1, -0.05) is 35.5 Å². The third-order valence-electron chi connectivity index (χ3n) is 3.86. The number of anilines is 1. The van der Waals surface area contributed by atoms with E-state index in [4.69, 9.17) is 22.2 Å². The van der Waals surface area contributed by atoms with Crippen molar-refractivity contribution < 1.29 is 9.53 Å². The molecule has 9 heteroatoms. The minimum Gasteiger partial charge on any atom is -0.494 e. The van der Waals surface area contributed by atoms with Crippen molar-refractivity contribution in [2.24, 2.45) is 0 Å². The normalized spacial score (nSPS) is 10.7. The number of benzene rings is 2. The molecule has 0 aliphatic heterocycles. The van der Waals surface area contributed by atoms with E-state index in [-0.39, 0.29) is 11.7 Å². The Morgan fingerprint density at radius 1 is 1.29 bits per heavy atom. The molecule has 0 aliphatic carbocycles. The lowest BCUT2D eigenvalue weighted by molar-refractivity contribution is -0.113. The number of nitrogens with one attached hydrogen (secondary N) is 1. The van der Waals surface area contributed by atoms with Crippen LogP contribution in [-0.4, -0.2) is 33.1 Å². The minimum atomic E-state index is -0.168. The Kier molecular flexibility index (Phi) is 6.43. The van der Waals surface area contributed by atoms with E-state index < -0.39 is 0 Å². The van der Waals surface area contributed by atoms with Crippen LogP contribution in [-0.2, 0) is 4.79 Å². The van der Waals surface area contributed by atoms with Crippen molar-refractivity contribution in [3.05, 3.63) is 53.1 Å². The van der Waals surface area contributed by atoms with Crippen molar-refractivity contribution in [3.8, 4) is 17.1 Å². The molecule has 3 N–H and O–H groups in total. The molecule has 1 amide bonds. The predicted octanol–water partition coefficient (Wildman–Crippen LogP) is 3.75. The Hall–Kier alpha value is -2.71. The van der Waals surface area contributed by atoms with Crippen LogP contribution >= 0.6 is 23.4 Å². The van der Waals surface area contributed by atoms with Gasteiger partial charge in [0.1, 0.15) is 5.75 Å². The van der Waals surface area contributed by atoms with Crippen LogP contribution in [0.15, 0.2) is 47.6 Å². The molecule has 28 heavy (non-hydrogen) atoms. The quantitative estimate of drug-likeness (QED) is 0.449. The van der Waals surface area contributed by atoms with Gasteiger partial charge in [-0.05, 0) is 49.7 Å². The molecular weight excluding hydrogens is 398 g/mol. The third kappa shape index (κ3) is 4.76. The number of aromatic nitrogens is 3. The Morgan fingerprint density at radius 2 is 2.11 bits per heavy atom. The van der Waals surface area contributed by atoms with E-state index in [0.29, 0.717) is 22.6 Å². The van der Waals surface area contributed by atoms with Gasteiger partial charge in [-0.15, -0.1) is 10.2 Å². The molecule has 0 bridgehead atoms. The summed E-state index contributed by atoms with van der Waals surface area (Å²) >= 11 is 7.14. The first-order chi connectivity index (χ1) is 13.5. The van der Waals surface area contributed by atoms with Gasteiger partial charge in [0, 0.05) is 16.3 Å². The average Bonchev–Trinajstić information content (AvgIpc) is 3.03. The first-order valence-corrected chi connectivity index (χ1v) is 9.96. The number of nitrogen functional groups attached to an aromatic ring is 1. The number of rotatable bonds is 7. The molecule has 7 nitrogen and oxygen atoms in total. The lowest BCUT2D eigenvalue weighted by Gasteiger charge is -2.09. The maximum absolute atomic E-state index is 12.2. The topological polar surface area (TPSA) is 95.1 Å². The van der Waals surface area contributed by atoms with Gasteiger partial charge in [-0.2, -0.15) is 0 Å². The smallest absolute Gasteiger partial charge is 0.234 e. The van der Waals surface area contributed by atoms with Crippen molar-refractivity contribution in [2.75, 3.05) is 23.5 Å². The third-order valence-corrected chi connectivity index (χ3v) is 5.04. The van der Waals surface area contributed by atoms with Crippen LogP contribution in [0.1, 0.15) is 12.5 Å². The summed E-state index contributed by atoms with van der Waals surface area (Å²) in [5, 5.41) is 12.2. The number of amides is 1. The lowest BCUT2D eigenvalue weighted by Crippen LogP contribution is -2.17. The zero-order valence-electron chi connectivity index (χ0n) is 15.5. The Labute approximate surface area is 172 Å². The summed E-state index contributed by atoms with van der Waals surface area (Å²) in [5.41, 5.74) is 2.40. The van der Waals surface area contributed by atoms with E-state index in [1.807, 2.05) is 38.1 Å². The second kappa shape index (κ2) is 8.99. The SMILES string of the molecule is CCOc1cccc(-c2nnc(SCC(=O)Nc3ccc(Cl)cc3C)n2N)c1. The van der Waals surface area contributed by atoms with E-state index >= 15 is 0 Å². The highest BCUT2D eigenvalue weighted by molar-refractivity contribution is 7.99. The number of ether oxygens (including phenoxy) is 1. The molecule has 0 fully saturated rings. The zero-order chi connectivity index (χ0) is 20.1. The molecule has 0 spiro atoms. The fourth-order valence-electron chi connectivity index (χ4n) is 2.55. The molecule has 1 aromatic heterocycles. The summed E-state index contributed by atoms with van der Waals surface area (Å²) in [7, 11) is 0. The van der Waals surface area contributed by atoms with Crippen molar-refractivity contribution in [3.63, 3.8) is 0 Å². The Balaban J connectivity index is 1.66. The fourth-order valence-corrected chi connectivity index (χ4v) is 3.43. The maximum atomic E-state index is 12.2. The Morgan fingerprint density at radius 3 is 2.86 bits per heavy atom. The number of halogens is 1. The van der Waals surface area contributed by atoms with Crippen molar-refractivity contribution in [1.82, 2.24) is 14.9 Å². The van der Waals surface area contributed by atoms with Gasteiger partial charge in [-0.3, -0.25) is 4.79 Å². The second-order valence-corrected chi connectivity index (χ2v) is 7.31. The van der Waals surface area contributed by atoms with E-state index in [2.05, 4.69) is 15.5 Å². The molecule has 146 valence electrons. The van der Waals surface area contributed by atoms with Crippen molar-refractivity contribution in [2.45, 2.75) is 19.0 Å². The highest BCUT2D eigenvalue weighted by atomic mass is 35.5. The van der Waals surface area contributed by atoms with Gasteiger partial charge >= 0.3 is 0 Å². The minimum absolute atomic E-state index is 0.149. The molecule has 3 aromatic rings. The standard InChI is InChI=1S/C19H20ClN5O2S/c1-3-27-15-6-4-5-13(10-15)18-23-24-19(25(18)21)28-11-17(26)22-16-8-7-14(20)9-12(16)2/h4-10H,3,11,21H2,1-2H3,(H,22,26). The summed E-state index contributed by atoms with van der Waals surface area (Å²) < 4.78 is 6.87. The summed E-state index contributed by atoms with van der Waals surface area (Å²) in [6, 6.07) is 12.8.